The van der Waals surface area contributed by atoms with Crippen molar-refractivity contribution in [1.29, 1.82) is 0 Å². The Labute approximate surface area is 134 Å². The first-order valence-electron chi connectivity index (χ1n) is 7.30. The number of halogens is 1. The molecule has 0 bridgehead atoms. The van der Waals surface area contributed by atoms with Gasteiger partial charge in [-0.2, -0.15) is 0 Å². The van der Waals surface area contributed by atoms with Crippen LogP contribution in [0.2, 0.25) is 5.02 Å². The SMILES string of the molecule is C#C[C@@H](NC(=O)Cc1c[nH]c2cccc(Cl)c12)[C@H]1CCCO1. The summed E-state index contributed by atoms with van der Waals surface area (Å²) in [5, 5.41) is 4.39. The van der Waals surface area contributed by atoms with E-state index in [4.69, 9.17) is 22.8 Å². The van der Waals surface area contributed by atoms with Crippen molar-refractivity contribution < 1.29 is 9.53 Å². The maximum atomic E-state index is 12.3. The molecule has 1 aromatic carbocycles. The molecular formula is C17H17ClN2O2. The lowest BCUT2D eigenvalue weighted by molar-refractivity contribution is -0.121. The van der Waals surface area contributed by atoms with Crippen molar-refractivity contribution >= 4 is 28.4 Å². The highest BCUT2D eigenvalue weighted by Crippen LogP contribution is 2.26. The number of hydrogen-bond acceptors (Lipinski definition) is 2. The number of amides is 1. The van der Waals surface area contributed by atoms with Crippen LogP contribution in [-0.4, -0.2) is 29.6 Å². The summed E-state index contributed by atoms with van der Waals surface area (Å²) >= 11 is 6.22. The maximum absolute atomic E-state index is 12.3. The lowest BCUT2D eigenvalue weighted by atomic mass is 10.1. The van der Waals surface area contributed by atoms with Gasteiger partial charge in [-0.05, 0) is 30.5 Å². The van der Waals surface area contributed by atoms with Crippen molar-refractivity contribution in [2.75, 3.05) is 6.61 Å². The summed E-state index contributed by atoms with van der Waals surface area (Å²) in [7, 11) is 0. The van der Waals surface area contributed by atoms with Crippen molar-refractivity contribution in [2.24, 2.45) is 0 Å². The quantitative estimate of drug-likeness (QED) is 0.852. The summed E-state index contributed by atoms with van der Waals surface area (Å²) in [6.45, 7) is 0.705. The van der Waals surface area contributed by atoms with Gasteiger partial charge in [-0.1, -0.05) is 23.6 Å². The van der Waals surface area contributed by atoms with Gasteiger partial charge in [0.25, 0.3) is 0 Å². The predicted molar refractivity (Wildman–Crippen MR) is 86.8 cm³/mol. The van der Waals surface area contributed by atoms with Gasteiger partial charge in [0.05, 0.1) is 17.5 Å². The first-order valence-corrected chi connectivity index (χ1v) is 7.68. The van der Waals surface area contributed by atoms with Crippen LogP contribution in [-0.2, 0) is 16.0 Å². The predicted octanol–water partition coefficient (Wildman–Crippen LogP) is 2.66. The van der Waals surface area contributed by atoms with E-state index in [1.807, 2.05) is 24.4 Å². The van der Waals surface area contributed by atoms with Crippen LogP contribution < -0.4 is 5.32 Å². The van der Waals surface area contributed by atoms with E-state index in [-0.39, 0.29) is 24.5 Å². The Balaban J connectivity index is 1.72. The minimum atomic E-state index is -0.379. The Hall–Kier alpha value is -1.96. The van der Waals surface area contributed by atoms with E-state index in [0.29, 0.717) is 11.6 Å². The van der Waals surface area contributed by atoms with Gasteiger partial charge in [-0.3, -0.25) is 4.79 Å². The van der Waals surface area contributed by atoms with Crippen LogP contribution in [0.3, 0.4) is 0 Å². The van der Waals surface area contributed by atoms with Crippen LogP contribution in [0.25, 0.3) is 10.9 Å². The van der Waals surface area contributed by atoms with E-state index in [1.165, 1.54) is 0 Å². The second-order valence-corrected chi connectivity index (χ2v) is 5.82. The molecule has 0 unspecified atom stereocenters. The van der Waals surface area contributed by atoms with E-state index < -0.39 is 0 Å². The molecule has 5 heteroatoms. The standard InChI is InChI=1S/C17H17ClN2O2/c1-2-13(15-7-4-8-22-15)20-16(21)9-11-10-19-14-6-3-5-12(18)17(11)14/h1,3,5-6,10,13,15,19H,4,7-9H2,(H,20,21)/t13-,15-/m1/s1. The summed E-state index contributed by atoms with van der Waals surface area (Å²) in [4.78, 5) is 15.4. The van der Waals surface area contributed by atoms with Crippen LogP contribution in [0.1, 0.15) is 18.4 Å². The molecule has 0 spiro atoms. The van der Waals surface area contributed by atoms with E-state index in [9.17, 15) is 4.79 Å². The molecule has 1 aliphatic rings. The number of carbonyl (C=O) groups is 1. The maximum Gasteiger partial charge on any atom is 0.225 e. The zero-order chi connectivity index (χ0) is 15.5. The molecule has 1 aliphatic heterocycles. The fraction of sp³-hybridized carbons (Fsp3) is 0.353. The number of rotatable bonds is 4. The fourth-order valence-electron chi connectivity index (χ4n) is 2.85. The van der Waals surface area contributed by atoms with Gasteiger partial charge in [0.2, 0.25) is 5.91 Å². The minimum Gasteiger partial charge on any atom is -0.375 e. The number of terminal acetylenes is 1. The van der Waals surface area contributed by atoms with Gasteiger partial charge in [0, 0.05) is 23.7 Å². The molecule has 3 rings (SSSR count). The van der Waals surface area contributed by atoms with Gasteiger partial charge in [-0.15, -0.1) is 6.42 Å². The largest absolute Gasteiger partial charge is 0.375 e. The summed E-state index contributed by atoms with van der Waals surface area (Å²) in [5.41, 5.74) is 1.78. The van der Waals surface area contributed by atoms with Gasteiger partial charge in [-0.25, -0.2) is 0 Å². The number of H-pyrrole nitrogens is 1. The van der Waals surface area contributed by atoms with Crippen molar-refractivity contribution in [3.05, 3.63) is 35.0 Å². The Morgan fingerprint density at radius 3 is 3.18 bits per heavy atom. The highest BCUT2D eigenvalue weighted by Gasteiger charge is 2.26. The normalized spacial score (nSPS) is 19.0. The van der Waals surface area contributed by atoms with Crippen LogP contribution in [0.4, 0.5) is 0 Å². The smallest absolute Gasteiger partial charge is 0.225 e. The number of fused-ring (bicyclic) bond motifs is 1. The Morgan fingerprint density at radius 2 is 2.45 bits per heavy atom. The lowest BCUT2D eigenvalue weighted by Gasteiger charge is -2.19. The monoisotopic (exact) mass is 316 g/mol. The van der Waals surface area contributed by atoms with E-state index in [2.05, 4.69) is 16.2 Å². The van der Waals surface area contributed by atoms with E-state index in [1.54, 1.807) is 0 Å². The molecule has 114 valence electrons. The number of ether oxygens (including phenoxy) is 1. The minimum absolute atomic E-state index is 0.0829. The summed E-state index contributed by atoms with van der Waals surface area (Å²) in [5.74, 6) is 2.49. The van der Waals surface area contributed by atoms with E-state index >= 15 is 0 Å². The molecule has 0 aliphatic carbocycles. The molecule has 2 N–H and O–H groups in total. The molecule has 22 heavy (non-hydrogen) atoms. The number of carbonyl (C=O) groups excluding carboxylic acids is 1. The zero-order valence-corrected chi connectivity index (χ0v) is 12.8. The van der Waals surface area contributed by atoms with Crippen LogP contribution in [0, 0.1) is 12.3 Å². The molecule has 1 fully saturated rings. The Kier molecular flexibility index (Phi) is 4.37. The van der Waals surface area contributed by atoms with Crippen LogP contribution >= 0.6 is 11.6 Å². The number of benzene rings is 1. The molecule has 0 saturated carbocycles. The average Bonchev–Trinajstić information content (AvgIpc) is 3.15. The lowest BCUT2D eigenvalue weighted by Crippen LogP contribution is -2.42. The second-order valence-electron chi connectivity index (χ2n) is 5.42. The molecule has 2 aromatic rings. The van der Waals surface area contributed by atoms with Gasteiger partial charge in [0.1, 0.15) is 6.04 Å². The molecule has 0 radical (unpaired) electrons. The van der Waals surface area contributed by atoms with Crippen LogP contribution in [0.5, 0.6) is 0 Å². The van der Waals surface area contributed by atoms with Gasteiger partial charge in [0.15, 0.2) is 0 Å². The van der Waals surface area contributed by atoms with E-state index in [0.717, 1.165) is 29.3 Å². The molecule has 4 nitrogen and oxygen atoms in total. The first-order chi connectivity index (χ1) is 10.7. The summed E-state index contributed by atoms with van der Waals surface area (Å²) in [6, 6.07) is 5.24. The number of nitrogens with one attached hydrogen (secondary N) is 2. The fourth-order valence-corrected chi connectivity index (χ4v) is 3.15. The van der Waals surface area contributed by atoms with Gasteiger partial charge >= 0.3 is 0 Å². The second kappa shape index (κ2) is 6.43. The summed E-state index contributed by atoms with van der Waals surface area (Å²) < 4.78 is 5.55. The third kappa shape index (κ3) is 2.96. The van der Waals surface area contributed by atoms with Crippen molar-refractivity contribution in [3.8, 4) is 12.3 Å². The summed E-state index contributed by atoms with van der Waals surface area (Å²) in [6.07, 6.45) is 9.34. The third-order valence-corrected chi connectivity index (χ3v) is 4.24. The topological polar surface area (TPSA) is 54.1 Å². The highest BCUT2D eigenvalue weighted by molar-refractivity contribution is 6.35. The molecular weight excluding hydrogens is 300 g/mol. The molecule has 2 atom stereocenters. The van der Waals surface area contributed by atoms with Crippen molar-refractivity contribution in [2.45, 2.75) is 31.4 Å². The Bertz CT molecular complexity index is 726. The van der Waals surface area contributed by atoms with Crippen molar-refractivity contribution in [1.82, 2.24) is 10.3 Å². The third-order valence-electron chi connectivity index (χ3n) is 3.92. The van der Waals surface area contributed by atoms with Gasteiger partial charge < -0.3 is 15.0 Å². The van der Waals surface area contributed by atoms with Crippen LogP contribution in [0.15, 0.2) is 24.4 Å². The number of hydrogen-bond donors (Lipinski definition) is 2. The molecule has 2 heterocycles. The molecule has 1 amide bonds. The number of aromatic nitrogens is 1. The molecule has 1 saturated heterocycles. The highest BCUT2D eigenvalue weighted by atomic mass is 35.5. The zero-order valence-electron chi connectivity index (χ0n) is 12.1. The first kappa shape index (κ1) is 15.0. The average molecular weight is 317 g/mol. The Morgan fingerprint density at radius 1 is 1.59 bits per heavy atom. The number of aromatic amines is 1. The molecule has 1 aromatic heterocycles. The van der Waals surface area contributed by atoms with Crippen molar-refractivity contribution in [3.63, 3.8) is 0 Å².